The lowest BCUT2D eigenvalue weighted by Gasteiger charge is -2.37. The molecule has 0 N–H and O–H groups in total. The van der Waals surface area contributed by atoms with Crippen LogP contribution in [0.4, 0.5) is 5.82 Å². The third-order valence-corrected chi connectivity index (χ3v) is 4.38. The largest absolute Gasteiger partial charge is 0.353 e. The van der Waals surface area contributed by atoms with Crippen LogP contribution < -0.4 is 4.90 Å². The molecule has 0 aliphatic carbocycles. The number of alkyl halides is 1. The summed E-state index contributed by atoms with van der Waals surface area (Å²) in [4.78, 5) is 6.87. The fourth-order valence-electron chi connectivity index (χ4n) is 2.32. The van der Waals surface area contributed by atoms with Gasteiger partial charge in [0.05, 0.1) is 9.50 Å². The smallest absolute Gasteiger partial charge is 0.143 e. The average Bonchev–Trinajstić information content (AvgIpc) is 2.31. The molecule has 5 heteroatoms. The fraction of sp³-hybridized carbons (Fsp3) is 0.583. The van der Waals surface area contributed by atoms with Gasteiger partial charge in [0, 0.05) is 24.1 Å². The maximum Gasteiger partial charge on any atom is 0.143 e. The standard InChI is InChI=1S/C12H15Br2ClN2/c13-5-4-10-3-1-2-6-17(10)12-11(14)7-9(15)8-16-12/h7-8,10H,1-6H2. The van der Waals surface area contributed by atoms with Crippen molar-refractivity contribution in [2.45, 2.75) is 31.7 Å². The van der Waals surface area contributed by atoms with Crippen LogP contribution in [-0.4, -0.2) is 22.9 Å². The molecule has 0 saturated carbocycles. The Hall–Kier alpha value is 0.200. The number of anilines is 1. The summed E-state index contributed by atoms with van der Waals surface area (Å²) < 4.78 is 0.992. The van der Waals surface area contributed by atoms with E-state index in [2.05, 4.69) is 41.7 Å². The van der Waals surface area contributed by atoms with Gasteiger partial charge in [-0.25, -0.2) is 4.98 Å². The maximum atomic E-state index is 5.93. The van der Waals surface area contributed by atoms with E-state index >= 15 is 0 Å². The van der Waals surface area contributed by atoms with Gasteiger partial charge in [-0.15, -0.1) is 0 Å². The molecule has 1 aliphatic heterocycles. The maximum absolute atomic E-state index is 5.93. The lowest BCUT2D eigenvalue weighted by Crippen LogP contribution is -2.40. The molecule has 1 aliphatic rings. The Kier molecular flexibility index (Phi) is 5.12. The van der Waals surface area contributed by atoms with Gasteiger partial charge in [-0.1, -0.05) is 27.5 Å². The molecule has 0 bridgehead atoms. The van der Waals surface area contributed by atoms with E-state index in [-0.39, 0.29) is 0 Å². The lowest BCUT2D eigenvalue weighted by molar-refractivity contribution is 0.449. The second-order valence-electron chi connectivity index (χ2n) is 4.28. The third-order valence-electron chi connectivity index (χ3n) is 3.13. The number of hydrogen-bond acceptors (Lipinski definition) is 2. The van der Waals surface area contributed by atoms with Crippen LogP contribution in [-0.2, 0) is 0 Å². The van der Waals surface area contributed by atoms with Gasteiger partial charge in [-0.05, 0) is 47.7 Å². The first-order valence-corrected chi connectivity index (χ1v) is 8.15. The molecule has 2 heterocycles. The summed E-state index contributed by atoms with van der Waals surface area (Å²) in [5.41, 5.74) is 0. The second kappa shape index (κ2) is 6.39. The molecule has 0 aromatic carbocycles. The number of hydrogen-bond donors (Lipinski definition) is 0. The summed E-state index contributed by atoms with van der Waals surface area (Å²) in [7, 11) is 0. The molecule has 94 valence electrons. The summed E-state index contributed by atoms with van der Waals surface area (Å²) in [6.45, 7) is 1.09. The van der Waals surface area contributed by atoms with Gasteiger partial charge in [0.15, 0.2) is 0 Å². The Morgan fingerprint density at radius 1 is 1.47 bits per heavy atom. The first-order valence-electron chi connectivity index (χ1n) is 5.86. The molecule has 0 radical (unpaired) electrons. The first-order chi connectivity index (χ1) is 8.22. The molecular formula is C12H15Br2ClN2. The summed E-state index contributed by atoms with van der Waals surface area (Å²) >= 11 is 13.0. The highest BCUT2D eigenvalue weighted by Gasteiger charge is 2.24. The van der Waals surface area contributed by atoms with Crippen molar-refractivity contribution in [2.75, 3.05) is 16.8 Å². The zero-order chi connectivity index (χ0) is 12.3. The fourth-order valence-corrected chi connectivity index (χ4v) is 3.72. The predicted octanol–water partition coefficient (Wildman–Crippen LogP) is 4.64. The minimum Gasteiger partial charge on any atom is -0.353 e. The first kappa shape index (κ1) is 13.6. The van der Waals surface area contributed by atoms with E-state index in [4.69, 9.17) is 11.6 Å². The summed E-state index contributed by atoms with van der Waals surface area (Å²) in [5, 5.41) is 1.72. The molecular weight excluding hydrogens is 367 g/mol. The van der Waals surface area contributed by atoms with Crippen LogP contribution in [0.1, 0.15) is 25.7 Å². The minimum atomic E-state index is 0.591. The highest BCUT2D eigenvalue weighted by molar-refractivity contribution is 9.10. The van der Waals surface area contributed by atoms with Crippen LogP contribution in [0.15, 0.2) is 16.7 Å². The van der Waals surface area contributed by atoms with E-state index in [1.165, 1.54) is 19.3 Å². The summed E-state index contributed by atoms with van der Waals surface area (Å²) in [5.74, 6) is 1.03. The SMILES string of the molecule is Clc1cnc(N2CCCCC2CCBr)c(Br)c1. The van der Waals surface area contributed by atoms with Crippen LogP contribution in [0, 0.1) is 0 Å². The van der Waals surface area contributed by atoms with Gasteiger partial charge < -0.3 is 4.90 Å². The van der Waals surface area contributed by atoms with Crippen molar-refractivity contribution >= 4 is 49.3 Å². The number of pyridine rings is 1. The molecule has 0 amide bonds. The van der Waals surface area contributed by atoms with Crippen molar-refractivity contribution in [3.63, 3.8) is 0 Å². The van der Waals surface area contributed by atoms with Crippen LogP contribution in [0.3, 0.4) is 0 Å². The van der Waals surface area contributed by atoms with Crippen molar-refractivity contribution < 1.29 is 0 Å². The molecule has 17 heavy (non-hydrogen) atoms. The Morgan fingerprint density at radius 3 is 3.00 bits per heavy atom. The van der Waals surface area contributed by atoms with Gasteiger partial charge in [0.2, 0.25) is 0 Å². The number of aromatic nitrogens is 1. The van der Waals surface area contributed by atoms with E-state index in [1.807, 2.05) is 6.07 Å². The lowest BCUT2D eigenvalue weighted by atomic mass is 10.00. The zero-order valence-corrected chi connectivity index (χ0v) is 13.4. The predicted molar refractivity (Wildman–Crippen MR) is 80.3 cm³/mol. The molecule has 1 aromatic heterocycles. The molecule has 0 spiro atoms. The van der Waals surface area contributed by atoms with Gasteiger partial charge in [-0.2, -0.15) is 0 Å². The second-order valence-corrected chi connectivity index (χ2v) is 6.36. The van der Waals surface area contributed by atoms with E-state index in [1.54, 1.807) is 6.20 Å². The topological polar surface area (TPSA) is 16.1 Å². The van der Waals surface area contributed by atoms with Crippen molar-refractivity contribution in [1.29, 1.82) is 0 Å². The molecule has 2 nitrogen and oxygen atoms in total. The van der Waals surface area contributed by atoms with E-state index < -0.39 is 0 Å². The van der Waals surface area contributed by atoms with Crippen molar-refractivity contribution in [3.05, 3.63) is 21.8 Å². The van der Waals surface area contributed by atoms with Gasteiger partial charge in [-0.3, -0.25) is 0 Å². The van der Waals surface area contributed by atoms with Crippen LogP contribution in [0.25, 0.3) is 0 Å². The van der Waals surface area contributed by atoms with Gasteiger partial charge in [0.1, 0.15) is 5.82 Å². The van der Waals surface area contributed by atoms with Crippen LogP contribution in [0.2, 0.25) is 5.02 Å². The minimum absolute atomic E-state index is 0.591. The molecule has 1 aromatic rings. The van der Waals surface area contributed by atoms with Crippen LogP contribution >= 0.6 is 43.5 Å². The zero-order valence-electron chi connectivity index (χ0n) is 9.50. The number of nitrogens with zero attached hydrogens (tertiary/aromatic N) is 2. The Morgan fingerprint density at radius 2 is 2.29 bits per heavy atom. The molecule has 1 atom stereocenters. The van der Waals surface area contributed by atoms with Gasteiger partial charge >= 0.3 is 0 Å². The highest BCUT2D eigenvalue weighted by atomic mass is 79.9. The van der Waals surface area contributed by atoms with E-state index in [0.717, 1.165) is 28.6 Å². The summed E-state index contributed by atoms with van der Waals surface area (Å²) in [6.07, 6.45) is 6.70. The van der Waals surface area contributed by atoms with E-state index in [9.17, 15) is 0 Å². The quantitative estimate of drug-likeness (QED) is 0.708. The normalized spacial score (nSPS) is 20.6. The highest BCUT2D eigenvalue weighted by Crippen LogP contribution is 2.32. The molecule has 1 unspecified atom stereocenters. The Labute approximate surface area is 124 Å². The number of halogens is 3. The molecule has 1 fully saturated rings. The number of piperidine rings is 1. The van der Waals surface area contributed by atoms with E-state index in [0.29, 0.717) is 11.1 Å². The third kappa shape index (κ3) is 3.36. The summed E-state index contributed by atoms with van der Waals surface area (Å²) in [6, 6.07) is 2.51. The van der Waals surface area contributed by atoms with Crippen molar-refractivity contribution in [1.82, 2.24) is 4.98 Å². The molecule has 2 rings (SSSR count). The van der Waals surface area contributed by atoms with Crippen molar-refractivity contribution in [3.8, 4) is 0 Å². The molecule has 1 saturated heterocycles. The van der Waals surface area contributed by atoms with Gasteiger partial charge in [0.25, 0.3) is 0 Å². The Balaban J connectivity index is 2.23. The Bertz CT molecular complexity index is 385. The average molecular weight is 383 g/mol. The van der Waals surface area contributed by atoms with Crippen LogP contribution in [0.5, 0.6) is 0 Å². The number of rotatable bonds is 3. The van der Waals surface area contributed by atoms with Crippen molar-refractivity contribution in [2.24, 2.45) is 0 Å². The monoisotopic (exact) mass is 380 g/mol.